The molecule has 0 radical (unpaired) electrons. The Labute approximate surface area is 173 Å². The largest absolute Gasteiger partial charge is 0.496 e. The fourth-order valence-electron chi connectivity index (χ4n) is 2.86. The second-order valence-corrected chi connectivity index (χ2v) is 8.85. The van der Waals surface area contributed by atoms with Crippen molar-refractivity contribution in [3.05, 3.63) is 65.7 Å². The molecule has 0 bridgehead atoms. The van der Waals surface area contributed by atoms with Crippen LogP contribution in [0.5, 0.6) is 5.75 Å². The number of hydrogen-bond acceptors (Lipinski definition) is 4. The molecule has 2 rings (SSSR count). The summed E-state index contributed by atoms with van der Waals surface area (Å²) < 4.78 is 10.9. The maximum atomic E-state index is 12.1. The van der Waals surface area contributed by atoms with Crippen LogP contribution in [-0.2, 0) is 9.53 Å². The van der Waals surface area contributed by atoms with E-state index in [0.717, 1.165) is 23.5 Å². The van der Waals surface area contributed by atoms with Crippen molar-refractivity contribution in [2.45, 2.75) is 50.5 Å². The molecule has 0 N–H and O–H groups in total. The predicted molar refractivity (Wildman–Crippen MR) is 118 cm³/mol. The normalized spacial score (nSPS) is 12.8. The highest BCUT2D eigenvalue weighted by molar-refractivity contribution is 7.99. The first-order chi connectivity index (χ1) is 13.3. The molecule has 0 fully saturated rings. The van der Waals surface area contributed by atoms with Gasteiger partial charge in [-0.1, -0.05) is 37.3 Å². The van der Waals surface area contributed by atoms with Gasteiger partial charge in [-0.25, -0.2) is 4.79 Å². The standard InChI is InChI=1S/C24H30O3S/c1-18(16-17-28-19-10-7-6-8-11-19)20-12-9-13-22(26-5)21(20)14-15-23(25)27-24(2,3)4/h6-15,18H,16-17H2,1-5H3/b15-14+. The van der Waals surface area contributed by atoms with Crippen molar-refractivity contribution < 1.29 is 14.3 Å². The molecule has 0 spiro atoms. The molecule has 0 aliphatic heterocycles. The number of benzene rings is 2. The highest BCUT2D eigenvalue weighted by atomic mass is 32.2. The minimum absolute atomic E-state index is 0.338. The van der Waals surface area contributed by atoms with E-state index < -0.39 is 5.60 Å². The zero-order chi connectivity index (χ0) is 20.6. The van der Waals surface area contributed by atoms with Crippen molar-refractivity contribution in [1.29, 1.82) is 0 Å². The lowest BCUT2D eigenvalue weighted by Gasteiger charge is -2.19. The molecule has 0 saturated carbocycles. The summed E-state index contributed by atoms with van der Waals surface area (Å²) in [6.45, 7) is 7.80. The third-order valence-electron chi connectivity index (χ3n) is 4.21. The SMILES string of the molecule is COc1cccc(C(C)CCSc2ccccc2)c1/C=C/C(=O)OC(C)(C)C. The zero-order valence-corrected chi connectivity index (χ0v) is 18.2. The van der Waals surface area contributed by atoms with Crippen molar-refractivity contribution in [3.63, 3.8) is 0 Å². The molecule has 2 aromatic rings. The second-order valence-electron chi connectivity index (χ2n) is 7.68. The Morgan fingerprint density at radius 3 is 2.46 bits per heavy atom. The molecule has 0 aliphatic rings. The Morgan fingerprint density at radius 2 is 1.82 bits per heavy atom. The molecule has 150 valence electrons. The maximum Gasteiger partial charge on any atom is 0.331 e. The molecule has 3 nitrogen and oxygen atoms in total. The van der Waals surface area contributed by atoms with Crippen LogP contribution in [-0.4, -0.2) is 24.4 Å². The third-order valence-corrected chi connectivity index (χ3v) is 5.25. The summed E-state index contributed by atoms with van der Waals surface area (Å²) in [5.74, 6) is 1.78. The number of ether oxygens (including phenoxy) is 2. The monoisotopic (exact) mass is 398 g/mol. The number of rotatable bonds is 8. The summed E-state index contributed by atoms with van der Waals surface area (Å²) in [5.41, 5.74) is 1.60. The Bertz CT molecular complexity index is 791. The summed E-state index contributed by atoms with van der Waals surface area (Å²) in [5, 5.41) is 0. The van der Waals surface area contributed by atoms with E-state index in [4.69, 9.17) is 9.47 Å². The van der Waals surface area contributed by atoms with Crippen LogP contribution in [0.4, 0.5) is 0 Å². The van der Waals surface area contributed by atoms with Crippen molar-refractivity contribution in [3.8, 4) is 5.75 Å². The summed E-state index contributed by atoms with van der Waals surface area (Å²) in [7, 11) is 1.65. The van der Waals surface area contributed by atoms with Crippen LogP contribution < -0.4 is 4.74 Å². The van der Waals surface area contributed by atoms with Crippen LogP contribution in [0.3, 0.4) is 0 Å². The lowest BCUT2D eigenvalue weighted by Crippen LogP contribution is -2.22. The van der Waals surface area contributed by atoms with Crippen molar-refractivity contribution in [2.24, 2.45) is 0 Å². The number of hydrogen-bond donors (Lipinski definition) is 0. The first-order valence-corrected chi connectivity index (χ1v) is 10.5. The number of esters is 1. The Balaban J connectivity index is 2.11. The number of methoxy groups -OCH3 is 1. The number of carbonyl (C=O) groups excluding carboxylic acids is 1. The highest BCUT2D eigenvalue weighted by Crippen LogP contribution is 2.32. The van der Waals surface area contributed by atoms with Gasteiger partial charge in [0.25, 0.3) is 0 Å². The van der Waals surface area contributed by atoms with Crippen LogP contribution in [0.1, 0.15) is 51.2 Å². The number of thioether (sulfide) groups is 1. The van der Waals surface area contributed by atoms with Gasteiger partial charge in [-0.05, 0) is 68.7 Å². The van der Waals surface area contributed by atoms with Gasteiger partial charge in [-0.3, -0.25) is 0 Å². The van der Waals surface area contributed by atoms with Crippen molar-refractivity contribution in [1.82, 2.24) is 0 Å². The molecule has 0 amide bonds. The van der Waals surface area contributed by atoms with Crippen LogP contribution in [0, 0.1) is 0 Å². The number of carbonyl (C=O) groups is 1. The van der Waals surface area contributed by atoms with Crippen LogP contribution in [0.25, 0.3) is 6.08 Å². The van der Waals surface area contributed by atoms with Gasteiger partial charge in [0.2, 0.25) is 0 Å². The van der Waals surface area contributed by atoms with Gasteiger partial charge in [0.05, 0.1) is 7.11 Å². The fraction of sp³-hybridized carbons (Fsp3) is 0.375. The van der Waals surface area contributed by atoms with Gasteiger partial charge < -0.3 is 9.47 Å². The maximum absolute atomic E-state index is 12.1. The van der Waals surface area contributed by atoms with Gasteiger partial charge >= 0.3 is 5.97 Å². The van der Waals surface area contributed by atoms with Crippen molar-refractivity contribution in [2.75, 3.05) is 12.9 Å². The van der Waals surface area contributed by atoms with E-state index in [-0.39, 0.29) is 5.97 Å². The van der Waals surface area contributed by atoms with E-state index >= 15 is 0 Å². The van der Waals surface area contributed by atoms with E-state index in [1.165, 1.54) is 16.5 Å². The lowest BCUT2D eigenvalue weighted by atomic mass is 9.93. The van der Waals surface area contributed by atoms with Crippen LogP contribution in [0.2, 0.25) is 0 Å². The van der Waals surface area contributed by atoms with E-state index in [9.17, 15) is 4.79 Å². The molecular formula is C24H30O3S. The smallest absolute Gasteiger partial charge is 0.331 e. The Kier molecular flexibility index (Phi) is 8.18. The summed E-state index contributed by atoms with van der Waals surface area (Å²) in [4.78, 5) is 13.4. The first kappa shape index (κ1) is 22.1. The topological polar surface area (TPSA) is 35.5 Å². The van der Waals surface area contributed by atoms with Gasteiger partial charge in [0.15, 0.2) is 0 Å². The zero-order valence-electron chi connectivity index (χ0n) is 17.4. The van der Waals surface area contributed by atoms with E-state index in [2.05, 4.69) is 37.3 Å². The quantitative estimate of drug-likeness (QED) is 0.295. The summed E-state index contributed by atoms with van der Waals surface area (Å²) in [6.07, 6.45) is 4.32. The molecule has 0 aromatic heterocycles. The van der Waals surface area contributed by atoms with E-state index in [0.29, 0.717) is 5.92 Å². The summed E-state index contributed by atoms with van der Waals surface area (Å²) >= 11 is 1.86. The first-order valence-electron chi connectivity index (χ1n) is 9.56. The molecule has 0 aliphatic carbocycles. The minimum Gasteiger partial charge on any atom is -0.496 e. The molecule has 0 heterocycles. The van der Waals surface area contributed by atoms with Gasteiger partial charge in [0.1, 0.15) is 11.4 Å². The molecular weight excluding hydrogens is 368 g/mol. The van der Waals surface area contributed by atoms with E-state index in [1.807, 2.05) is 56.8 Å². The summed E-state index contributed by atoms with van der Waals surface area (Å²) in [6, 6.07) is 16.5. The average Bonchev–Trinajstić information content (AvgIpc) is 2.65. The second kappa shape index (κ2) is 10.4. The Morgan fingerprint density at radius 1 is 1.11 bits per heavy atom. The molecule has 2 aromatic carbocycles. The molecule has 4 heteroatoms. The van der Waals surface area contributed by atoms with Crippen LogP contribution in [0.15, 0.2) is 59.5 Å². The minimum atomic E-state index is -0.507. The fourth-order valence-corrected chi connectivity index (χ4v) is 3.92. The molecule has 28 heavy (non-hydrogen) atoms. The predicted octanol–water partition coefficient (Wildman–Crippen LogP) is 6.34. The molecule has 0 saturated heterocycles. The Hall–Kier alpha value is -2.20. The van der Waals surface area contributed by atoms with Crippen LogP contribution >= 0.6 is 11.8 Å². The lowest BCUT2D eigenvalue weighted by molar-refractivity contribution is -0.148. The van der Waals surface area contributed by atoms with Crippen molar-refractivity contribution >= 4 is 23.8 Å². The average molecular weight is 399 g/mol. The third kappa shape index (κ3) is 7.08. The van der Waals surface area contributed by atoms with Gasteiger partial charge in [-0.15, -0.1) is 11.8 Å². The highest BCUT2D eigenvalue weighted by Gasteiger charge is 2.16. The van der Waals surface area contributed by atoms with Gasteiger partial charge in [-0.2, -0.15) is 0 Å². The molecule has 1 unspecified atom stereocenters. The van der Waals surface area contributed by atoms with E-state index in [1.54, 1.807) is 7.11 Å². The molecule has 1 atom stereocenters. The van der Waals surface area contributed by atoms with Gasteiger partial charge in [0, 0.05) is 16.5 Å².